The maximum Gasteiger partial charge on any atom is 0.306 e. The summed E-state index contributed by atoms with van der Waals surface area (Å²) in [5, 5.41) is 3.13. The predicted octanol–water partition coefficient (Wildman–Crippen LogP) is 2.02. The third-order valence-corrected chi connectivity index (χ3v) is 2.92. The number of hydrogen-bond acceptors (Lipinski definition) is 4. The van der Waals surface area contributed by atoms with E-state index in [9.17, 15) is 9.59 Å². The van der Waals surface area contributed by atoms with Crippen LogP contribution in [0.15, 0.2) is 0 Å². The van der Waals surface area contributed by atoms with E-state index in [1.165, 1.54) is 0 Å². The molecule has 20 heavy (non-hydrogen) atoms. The van der Waals surface area contributed by atoms with Gasteiger partial charge in [0.1, 0.15) is 0 Å². The van der Waals surface area contributed by atoms with E-state index in [0.29, 0.717) is 19.4 Å². The monoisotopic (exact) mass is 308 g/mol. The van der Waals surface area contributed by atoms with Gasteiger partial charge in [0.15, 0.2) is 0 Å². The van der Waals surface area contributed by atoms with Crippen LogP contribution < -0.4 is 11.1 Å². The quantitative estimate of drug-likeness (QED) is 0.605. The summed E-state index contributed by atoms with van der Waals surface area (Å²) < 4.78 is 5.15. The summed E-state index contributed by atoms with van der Waals surface area (Å²) in [7, 11) is 0. The number of nitrogens with one attached hydrogen (secondary N) is 1. The van der Waals surface area contributed by atoms with E-state index < -0.39 is 0 Å². The van der Waals surface area contributed by atoms with Crippen molar-refractivity contribution in [3.63, 3.8) is 0 Å². The molecule has 1 unspecified atom stereocenters. The van der Waals surface area contributed by atoms with Crippen molar-refractivity contribution in [1.82, 2.24) is 5.32 Å². The third-order valence-electron chi connectivity index (χ3n) is 2.92. The van der Waals surface area contributed by atoms with E-state index in [2.05, 4.69) is 12.2 Å². The highest BCUT2D eigenvalue weighted by molar-refractivity contribution is 5.85. The first kappa shape index (κ1) is 21.5. The molecule has 0 aromatic heterocycles. The summed E-state index contributed by atoms with van der Waals surface area (Å²) in [5.74, 6) is -0.338. The van der Waals surface area contributed by atoms with Gasteiger partial charge in [-0.15, -0.1) is 12.4 Å². The third kappa shape index (κ3) is 10.0. The molecule has 0 rings (SSSR count). The Balaban J connectivity index is 0. The molecule has 0 aliphatic carbocycles. The summed E-state index contributed by atoms with van der Waals surface area (Å²) in [6.07, 6.45) is 2.87. The molecule has 0 aromatic rings. The number of amides is 1. The molecule has 1 amide bonds. The number of ether oxygens (including phenoxy) is 1. The van der Waals surface area contributed by atoms with Crippen molar-refractivity contribution >= 4 is 24.3 Å². The average Bonchev–Trinajstić information content (AvgIpc) is 2.28. The number of rotatable bonds is 10. The van der Waals surface area contributed by atoms with E-state index in [-0.39, 0.29) is 42.3 Å². The minimum atomic E-state index is -0.345. The second kappa shape index (κ2) is 12.0. The second-order valence-corrected chi connectivity index (χ2v) is 5.17. The highest BCUT2D eigenvalue weighted by Gasteiger charge is 2.18. The summed E-state index contributed by atoms with van der Waals surface area (Å²) in [6.45, 7) is 8.27. The Hall–Kier alpha value is -0.810. The summed E-state index contributed by atoms with van der Waals surface area (Å²) in [5.41, 5.74) is 5.28. The molecule has 120 valence electrons. The molecule has 0 aliphatic rings. The molecule has 0 radical (unpaired) electrons. The van der Waals surface area contributed by atoms with Crippen LogP contribution in [0.2, 0.25) is 0 Å². The van der Waals surface area contributed by atoms with E-state index >= 15 is 0 Å². The molecule has 2 atom stereocenters. The molecule has 5 nitrogen and oxygen atoms in total. The van der Waals surface area contributed by atoms with Gasteiger partial charge in [-0.1, -0.05) is 20.3 Å². The van der Waals surface area contributed by atoms with Crippen LogP contribution >= 0.6 is 12.4 Å². The van der Waals surface area contributed by atoms with E-state index in [0.717, 1.165) is 12.8 Å². The van der Waals surface area contributed by atoms with Gasteiger partial charge in [-0.2, -0.15) is 0 Å². The minimum absolute atomic E-state index is 0. The minimum Gasteiger partial charge on any atom is -0.463 e. The standard InChI is InChI=1S/C14H28N2O3.ClH/c1-5-7-11(8-13(17)19-10(3)4)9-16-12(6-2)14(15)18;/h10-12,16H,5-9H2,1-4H3,(H2,15,18);1H/t11?,12-;/m0./s1. The smallest absolute Gasteiger partial charge is 0.306 e. The topological polar surface area (TPSA) is 81.4 Å². The summed E-state index contributed by atoms with van der Waals surface area (Å²) in [4.78, 5) is 22.8. The van der Waals surface area contributed by atoms with Gasteiger partial charge in [0.05, 0.1) is 12.1 Å². The Morgan fingerprint density at radius 1 is 1.25 bits per heavy atom. The maximum atomic E-state index is 11.6. The predicted molar refractivity (Wildman–Crippen MR) is 82.8 cm³/mol. The van der Waals surface area contributed by atoms with Crippen molar-refractivity contribution in [2.24, 2.45) is 11.7 Å². The number of carbonyl (C=O) groups excluding carboxylic acids is 2. The van der Waals surface area contributed by atoms with Crippen molar-refractivity contribution in [2.75, 3.05) is 6.54 Å². The fraction of sp³-hybridized carbons (Fsp3) is 0.857. The Morgan fingerprint density at radius 2 is 1.85 bits per heavy atom. The number of esters is 1. The fourth-order valence-corrected chi connectivity index (χ4v) is 1.99. The summed E-state index contributed by atoms with van der Waals surface area (Å²) >= 11 is 0. The molecule has 0 spiro atoms. The van der Waals surface area contributed by atoms with Crippen LogP contribution in [-0.4, -0.2) is 30.6 Å². The zero-order valence-electron chi connectivity index (χ0n) is 13.0. The second-order valence-electron chi connectivity index (χ2n) is 5.17. The van der Waals surface area contributed by atoms with Gasteiger partial charge in [-0.25, -0.2) is 0 Å². The zero-order chi connectivity index (χ0) is 14.8. The molecule has 0 heterocycles. The molecule has 0 saturated heterocycles. The molecular formula is C14H29ClN2O3. The van der Waals surface area contributed by atoms with Gasteiger partial charge in [0, 0.05) is 6.42 Å². The Kier molecular flexibility index (Phi) is 12.9. The largest absolute Gasteiger partial charge is 0.463 e. The highest BCUT2D eigenvalue weighted by atomic mass is 35.5. The van der Waals surface area contributed by atoms with E-state index in [1.807, 2.05) is 20.8 Å². The number of halogens is 1. The molecular weight excluding hydrogens is 280 g/mol. The van der Waals surface area contributed by atoms with E-state index in [1.54, 1.807) is 0 Å². The zero-order valence-corrected chi connectivity index (χ0v) is 13.8. The van der Waals surface area contributed by atoms with Crippen LogP contribution in [0.1, 0.15) is 53.4 Å². The number of hydrogen-bond donors (Lipinski definition) is 2. The van der Waals surface area contributed by atoms with Gasteiger partial charge in [0.2, 0.25) is 5.91 Å². The van der Waals surface area contributed by atoms with Gasteiger partial charge in [-0.3, -0.25) is 9.59 Å². The van der Waals surface area contributed by atoms with E-state index in [4.69, 9.17) is 10.5 Å². The Bertz CT molecular complexity index is 286. The average molecular weight is 309 g/mol. The molecule has 0 fully saturated rings. The first-order chi connectivity index (χ1) is 8.90. The number of carbonyl (C=O) groups is 2. The molecule has 3 N–H and O–H groups in total. The van der Waals surface area contributed by atoms with Crippen LogP contribution in [-0.2, 0) is 14.3 Å². The fourth-order valence-electron chi connectivity index (χ4n) is 1.99. The van der Waals surface area contributed by atoms with Crippen LogP contribution in [0.3, 0.4) is 0 Å². The molecule has 0 saturated carbocycles. The van der Waals surface area contributed by atoms with Crippen molar-refractivity contribution in [3.8, 4) is 0 Å². The lowest BCUT2D eigenvalue weighted by Gasteiger charge is -2.20. The molecule has 6 heteroatoms. The van der Waals surface area contributed by atoms with Crippen molar-refractivity contribution in [1.29, 1.82) is 0 Å². The molecule has 0 aliphatic heterocycles. The van der Waals surface area contributed by atoms with Crippen LogP contribution in [0.4, 0.5) is 0 Å². The number of nitrogens with two attached hydrogens (primary N) is 1. The lowest BCUT2D eigenvalue weighted by atomic mass is 9.99. The van der Waals surface area contributed by atoms with Gasteiger partial charge in [-0.05, 0) is 39.2 Å². The Morgan fingerprint density at radius 3 is 2.25 bits per heavy atom. The SMILES string of the molecule is CCCC(CN[C@@H](CC)C(N)=O)CC(=O)OC(C)C.Cl. The first-order valence-electron chi connectivity index (χ1n) is 7.12. The molecule has 0 aromatic carbocycles. The van der Waals surface area contributed by atoms with Crippen LogP contribution in [0.25, 0.3) is 0 Å². The Labute approximate surface area is 128 Å². The lowest BCUT2D eigenvalue weighted by molar-refractivity contribution is -0.148. The normalized spacial score (nSPS) is 13.4. The summed E-state index contributed by atoms with van der Waals surface area (Å²) in [6, 6.07) is -0.319. The highest BCUT2D eigenvalue weighted by Crippen LogP contribution is 2.12. The lowest BCUT2D eigenvalue weighted by Crippen LogP contribution is -2.43. The van der Waals surface area contributed by atoms with Crippen molar-refractivity contribution in [3.05, 3.63) is 0 Å². The van der Waals surface area contributed by atoms with Crippen molar-refractivity contribution in [2.45, 2.75) is 65.5 Å². The first-order valence-corrected chi connectivity index (χ1v) is 7.12. The van der Waals surface area contributed by atoms with Crippen LogP contribution in [0.5, 0.6) is 0 Å². The van der Waals surface area contributed by atoms with Gasteiger partial charge in [0.25, 0.3) is 0 Å². The molecule has 0 bridgehead atoms. The van der Waals surface area contributed by atoms with Gasteiger partial charge < -0.3 is 15.8 Å². The van der Waals surface area contributed by atoms with Crippen molar-refractivity contribution < 1.29 is 14.3 Å². The number of primary amides is 1. The van der Waals surface area contributed by atoms with Gasteiger partial charge >= 0.3 is 5.97 Å². The maximum absolute atomic E-state index is 11.6. The van der Waals surface area contributed by atoms with Crippen LogP contribution in [0, 0.1) is 5.92 Å².